The van der Waals surface area contributed by atoms with Gasteiger partial charge in [0.1, 0.15) is 18.2 Å². The highest BCUT2D eigenvalue weighted by atomic mass is 19.1. The fourth-order valence-corrected chi connectivity index (χ4v) is 2.99. The average molecular weight is 282 g/mol. The van der Waals surface area contributed by atoms with Crippen LogP contribution in [0.5, 0.6) is 0 Å². The second-order valence-corrected chi connectivity index (χ2v) is 5.90. The van der Waals surface area contributed by atoms with Crippen LogP contribution in [0.3, 0.4) is 0 Å². The first kappa shape index (κ1) is 15.1. The highest BCUT2D eigenvalue weighted by molar-refractivity contribution is 5.97. The minimum atomic E-state index is -0.703. The monoisotopic (exact) mass is 282 g/mol. The minimum Gasteiger partial charge on any atom is -0.370 e. The molecule has 1 aromatic rings. The normalized spacial score (nSPS) is 26.5. The molecule has 0 aliphatic heterocycles. The van der Waals surface area contributed by atoms with Gasteiger partial charge in [0.05, 0.1) is 11.7 Å². The van der Waals surface area contributed by atoms with Crippen molar-refractivity contribution in [2.45, 2.75) is 39.2 Å². The van der Waals surface area contributed by atoms with Crippen LogP contribution in [0.4, 0.5) is 8.78 Å². The summed E-state index contributed by atoms with van der Waals surface area (Å²) < 4.78 is 32.1. The fraction of sp³-hybridized carbons (Fsp3) is 0.562. The molecule has 2 atom stereocenters. The number of Topliss-reactive ketones (excluding diaryl/α,β-unsaturated/α-hetero) is 1. The fourth-order valence-electron chi connectivity index (χ4n) is 2.99. The van der Waals surface area contributed by atoms with E-state index in [0.29, 0.717) is 11.8 Å². The van der Waals surface area contributed by atoms with Crippen molar-refractivity contribution in [1.82, 2.24) is 0 Å². The largest absolute Gasteiger partial charge is 0.370 e. The van der Waals surface area contributed by atoms with Crippen molar-refractivity contribution < 1.29 is 18.3 Å². The lowest BCUT2D eigenvalue weighted by molar-refractivity contribution is 0.00547. The van der Waals surface area contributed by atoms with Crippen molar-refractivity contribution in [2.24, 2.45) is 11.8 Å². The summed E-state index contributed by atoms with van der Waals surface area (Å²) in [6.07, 6.45) is 3.05. The Morgan fingerprint density at radius 2 is 1.85 bits per heavy atom. The number of halogens is 2. The van der Waals surface area contributed by atoms with Gasteiger partial charge in [-0.05, 0) is 49.3 Å². The first-order chi connectivity index (χ1) is 9.45. The maximum Gasteiger partial charge on any atom is 0.191 e. The summed E-state index contributed by atoms with van der Waals surface area (Å²) in [5.41, 5.74) is -0.234. The van der Waals surface area contributed by atoms with E-state index in [1.54, 1.807) is 0 Å². The first-order valence-electron chi connectivity index (χ1n) is 7.05. The lowest BCUT2D eigenvalue weighted by Gasteiger charge is -2.31. The number of ether oxygens (including phenoxy) is 1. The Hall–Kier alpha value is -1.29. The zero-order valence-electron chi connectivity index (χ0n) is 11.9. The van der Waals surface area contributed by atoms with Gasteiger partial charge in [-0.3, -0.25) is 4.79 Å². The van der Waals surface area contributed by atoms with E-state index in [0.717, 1.165) is 31.0 Å². The van der Waals surface area contributed by atoms with Crippen LogP contribution in [0, 0.1) is 23.5 Å². The standard InChI is InChI=1S/C16H20F2O2/c1-10-5-11(2)7-13(6-10)20-9-16(19)14-8-12(17)3-4-15(14)18/h3-4,8,10-11,13H,5-7,9H2,1-2H3. The topological polar surface area (TPSA) is 26.3 Å². The molecule has 0 heterocycles. The predicted molar refractivity (Wildman–Crippen MR) is 72.6 cm³/mol. The maximum atomic E-state index is 13.5. The second-order valence-electron chi connectivity index (χ2n) is 5.90. The molecule has 2 unspecified atom stereocenters. The van der Waals surface area contributed by atoms with E-state index in [9.17, 15) is 13.6 Å². The molecule has 1 fully saturated rings. The number of carbonyl (C=O) groups excluding carboxylic acids is 1. The van der Waals surface area contributed by atoms with Crippen LogP contribution in [0.25, 0.3) is 0 Å². The quantitative estimate of drug-likeness (QED) is 0.781. The molecule has 0 saturated heterocycles. The molecule has 0 aromatic heterocycles. The molecule has 1 aliphatic rings. The lowest BCUT2D eigenvalue weighted by Crippen LogP contribution is -2.28. The molecule has 1 aromatic carbocycles. The van der Waals surface area contributed by atoms with E-state index in [-0.39, 0.29) is 18.3 Å². The van der Waals surface area contributed by atoms with Gasteiger partial charge in [0.2, 0.25) is 0 Å². The third kappa shape index (κ3) is 3.85. The van der Waals surface area contributed by atoms with Crippen LogP contribution in [0.15, 0.2) is 18.2 Å². The number of hydrogen-bond donors (Lipinski definition) is 0. The van der Waals surface area contributed by atoms with Crippen LogP contribution in [-0.4, -0.2) is 18.5 Å². The average Bonchev–Trinajstić information content (AvgIpc) is 2.38. The number of rotatable bonds is 4. The highest BCUT2D eigenvalue weighted by Gasteiger charge is 2.25. The zero-order chi connectivity index (χ0) is 14.7. The Morgan fingerprint density at radius 3 is 2.50 bits per heavy atom. The molecule has 1 saturated carbocycles. The van der Waals surface area contributed by atoms with Gasteiger partial charge in [-0.2, -0.15) is 0 Å². The number of ketones is 1. The van der Waals surface area contributed by atoms with Crippen LogP contribution >= 0.6 is 0 Å². The highest BCUT2D eigenvalue weighted by Crippen LogP contribution is 2.30. The van der Waals surface area contributed by atoms with E-state index in [2.05, 4.69) is 13.8 Å². The summed E-state index contributed by atoms with van der Waals surface area (Å²) in [4.78, 5) is 11.9. The van der Waals surface area contributed by atoms with Gasteiger partial charge in [-0.25, -0.2) is 8.78 Å². The van der Waals surface area contributed by atoms with Crippen LogP contribution < -0.4 is 0 Å². The summed E-state index contributed by atoms with van der Waals surface area (Å²) in [5.74, 6) is -0.678. The van der Waals surface area contributed by atoms with Crippen molar-refractivity contribution in [3.05, 3.63) is 35.4 Å². The van der Waals surface area contributed by atoms with Crippen molar-refractivity contribution in [2.75, 3.05) is 6.61 Å². The van der Waals surface area contributed by atoms with Crippen molar-refractivity contribution in [1.29, 1.82) is 0 Å². The third-order valence-corrected chi connectivity index (χ3v) is 3.81. The third-order valence-electron chi connectivity index (χ3n) is 3.81. The molecule has 2 nitrogen and oxygen atoms in total. The Balaban J connectivity index is 1.93. The summed E-state index contributed by atoms with van der Waals surface area (Å²) >= 11 is 0. The van der Waals surface area contributed by atoms with Crippen molar-refractivity contribution in [3.63, 3.8) is 0 Å². The zero-order valence-corrected chi connectivity index (χ0v) is 11.9. The summed E-state index contributed by atoms with van der Waals surface area (Å²) in [6.45, 7) is 4.14. The molecule has 2 rings (SSSR count). The van der Waals surface area contributed by atoms with E-state index in [1.165, 1.54) is 6.42 Å². The minimum absolute atomic E-state index is 0.0364. The SMILES string of the molecule is CC1CC(C)CC(OCC(=O)c2cc(F)ccc2F)C1. The van der Waals surface area contributed by atoms with E-state index in [1.807, 2.05) is 0 Å². The number of carbonyl (C=O) groups is 1. The smallest absolute Gasteiger partial charge is 0.191 e. The molecular weight excluding hydrogens is 262 g/mol. The Labute approximate surface area is 118 Å². The molecule has 0 radical (unpaired) electrons. The summed E-state index contributed by atoms with van der Waals surface area (Å²) in [7, 11) is 0. The number of hydrogen-bond acceptors (Lipinski definition) is 2. The van der Waals surface area contributed by atoms with Crippen LogP contribution in [-0.2, 0) is 4.74 Å². The lowest BCUT2D eigenvalue weighted by atomic mass is 9.82. The van der Waals surface area contributed by atoms with Gasteiger partial charge in [0.25, 0.3) is 0 Å². The van der Waals surface area contributed by atoms with Gasteiger partial charge in [0, 0.05) is 0 Å². The first-order valence-corrected chi connectivity index (χ1v) is 7.05. The molecular formula is C16H20F2O2. The molecule has 0 N–H and O–H groups in total. The molecule has 1 aliphatic carbocycles. The van der Waals surface area contributed by atoms with Crippen LogP contribution in [0.2, 0.25) is 0 Å². The van der Waals surface area contributed by atoms with E-state index >= 15 is 0 Å². The molecule has 110 valence electrons. The Morgan fingerprint density at radius 1 is 1.20 bits per heavy atom. The van der Waals surface area contributed by atoms with Gasteiger partial charge in [0.15, 0.2) is 5.78 Å². The number of benzene rings is 1. The van der Waals surface area contributed by atoms with Crippen molar-refractivity contribution in [3.8, 4) is 0 Å². The molecule has 0 bridgehead atoms. The molecule has 20 heavy (non-hydrogen) atoms. The van der Waals surface area contributed by atoms with Crippen LogP contribution in [0.1, 0.15) is 43.5 Å². The van der Waals surface area contributed by atoms with Gasteiger partial charge < -0.3 is 4.74 Å². The molecule has 4 heteroatoms. The van der Waals surface area contributed by atoms with E-state index in [4.69, 9.17) is 4.74 Å². The summed E-state index contributed by atoms with van der Waals surface area (Å²) in [6, 6.07) is 2.89. The van der Waals surface area contributed by atoms with Gasteiger partial charge in [-0.15, -0.1) is 0 Å². The second kappa shape index (κ2) is 6.44. The van der Waals surface area contributed by atoms with Crippen molar-refractivity contribution >= 4 is 5.78 Å². The van der Waals surface area contributed by atoms with E-state index < -0.39 is 17.4 Å². The van der Waals surface area contributed by atoms with Gasteiger partial charge >= 0.3 is 0 Å². The Bertz CT molecular complexity index is 477. The predicted octanol–water partition coefficient (Wildman–Crippen LogP) is 3.99. The molecule has 0 amide bonds. The summed E-state index contributed by atoms with van der Waals surface area (Å²) in [5, 5.41) is 0. The molecule has 0 spiro atoms. The maximum absolute atomic E-state index is 13.5. The van der Waals surface area contributed by atoms with Gasteiger partial charge in [-0.1, -0.05) is 13.8 Å². The Kier molecular flexibility index (Phi) is 4.86.